The standard InChI is InChI=1S/C27H37F2N9O5S/c1-41-21-5-2-4-20-22(21)30-24(23(28)29)38(20)27-32-25(31-26(33-27)36-13-17-43-18-14-36)35-7-9-37(10-8-35)44(39,40)19-3-6-34-11-15-42-16-12-34/h2,4-5,23H,3,6-19H2,1H3. The molecule has 3 saturated heterocycles. The van der Waals surface area contributed by atoms with E-state index in [-0.39, 0.29) is 36.3 Å². The predicted molar refractivity (Wildman–Crippen MR) is 158 cm³/mol. The Hall–Kier alpha value is -3.25. The average Bonchev–Trinajstić information content (AvgIpc) is 3.46. The van der Waals surface area contributed by atoms with Crippen molar-refractivity contribution in [2.45, 2.75) is 12.8 Å². The highest BCUT2D eigenvalue weighted by Crippen LogP contribution is 2.32. The van der Waals surface area contributed by atoms with Gasteiger partial charge in [0.1, 0.15) is 11.3 Å². The molecule has 3 aliphatic heterocycles. The van der Waals surface area contributed by atoms with E-state index in [1.807, 2.05) is 9.80 Å². The smallest absolute Gasteiger partial charge is 0.296 e. The molecular weight excluding hydrogens is 600 g/mol. The lowest BCUT2D eigenvalue weighted by Gasteiger charge is -2.35. The first-order valence-electron chi connectivity index (χ1n) is 14.8. The second kappa shape index (κ2) is 13.4. The molecule has 17 heteroatoms. The summed E-state index contributed by atoms with van der Waals surface area (Å²) >= 11 is 0. The summed E-state index contributed by atoms with van der Waals surface area (Å²) < 4.78 is 73.9. The van der Waals surface area contributed by atoms with Crippen molar-refractivity contribution in [2.75, 3.05) is 108 Å². The van der Waals surface area contributed by atoms with Crippen molar-refractivity contribution in [1.82, 2.24) is 33.7 Å². The number of benzene rings is 1. The number of alkyl halides is 2. The largest absolute Gasteiger partial charge is 0.494 e. The third kappa shape index (κ3) is 6.56. The van der Waals surface area contributed by atoms with E-state index in [0.29, 0.717) is 76.2 Å². The first-order chi connectivity index (χ1) is 21.3. The monoisotopic (exact) mass is 637 g/mol. The highest BCUT2D eigenvalue weighted by molar-refractivity contribution is 7.89. The van der Waals surface area contributed by atoms with E-state index in [0.717, 1.165) is 19.6 Å². The zero-order valence-electron chi connectivity index (χ0n) is 24.6. The van der Waals surface area contributed by atoms with Crippen molar-refractivity contribution >= 4 is 33.0 Å². The zero-order valence-corrected chi connectivity index (χ0v) is 25.5. The summed E-state index contributed by atoms with van der Waals surface area (Å²) in [5.74, 6) is 0.535. The Labute approximate surface area is 254 Å². The van der Waals surface area contributed by atoms with E-state index in [2.05, 4.69) is 19.9 Å². The fourth-order valence-corrected chi connectivity index (χ4v) is 7.16. The average molecular weight is 638 g/mol. The van der Waals surface area contributed by atoms with Gasteiger partial charge in [-0.25, -0.2) is 22.2 Å². The zero-order chi connectivity index (χ0) is 30.7. The number of sulfonamides is 1. The molecule has 0 aliphatic carbocycles. The van der Waals surface area contributed by atoms with Gasteiger partial charge in [0.15, 0.2) is 5.82 Å². The van der Waals surface area contributed by atoms with Crippen LogP contribution in [0.4, 0.5) is 20.7 Å². The molecule has 44 heavy (non-hydrogen) atoms. The molecule has 0 unspecified atom stereocenters. The number of imidazole rings is 1. The van der Waals surface area contributed by atoms with Gasteiger partial charge in [-0.3, -0.25) is 9.47 Å². The molecule has 240 valence electrons. The van der Waals surface area contributed by atoms with Gasteiger partial charge in [-0.1, -0.05) is 6.07 Å². The van der Waals surface area contributed by atoms with Crippen molar-refractivity contribution in [1.29, 1.82) is 0 Å². The van der Waals surface area contributed by atoms with Gasteiger partial charge in [0, 0.05) is 52.4 Å². The van der Waals surface area contributed by atoms with Crippen LogP contribution >= 0.6 is 0 Å². The van der Waals surface area contributed by atoms with Crippen LogP contribution < -0.4 is 14.5 Å². The SMILES string of the molecule is COc1cccc2c1nc(C(F)F)n2-c1nc(N2CCOCC2)nc(N2CCN(S(=O)(=O)CCCN3CCOCC3)CC2)n1. The van der Waals surface area contributed by atoms with Gasteiger partial charge in [0.2, 0.25) is 27.9 Å². The summed E-state index contributed by atoms with van der Waals surface area (Å²) in [7, 11) is -1.98. The van der Waals surface area contributed by atoms with Gasteiger partial charge in [-0.2, -0.15) is 19.3 Å². The Morgan fingerprint density at radius 1 is 0.841 bits per heavy atom. The normalized spacial score (nSPS) is 19.3. The van der Waals surface area contributed by atoms with E-state index in [1.165, 1.54) is 16.0 Å². The lowest BCUT2D eigenvalue weighted by atomic mass is 10.3. The lowest BCUT2D eigenvalue weighted by molar-refractivity contribution is 0.0380. The number of morpholine rings is 2. The third-order valence-corrected chi connectivity index (χ3v) is 10.0. The van der Waals surface area contributed by atoms with Crippen LogP contribution in [0.1, 0.15) is 18.7 Å². The highest BCUT2D eigenvalue weighted by Gasteiger charge is 2.30. The summed E-state index contributed by atoms with van der Waals surface area (Å²) in [4.78, 5) is 24.2. The van der Waals surface area contributed by atoms with Gasteiger partial charge in [0.05, 0.1) is 44.8 Å². The molecule has 0 amide bonds. The lowest BCUT2D eigenvalue weighted by Crippen LogP contribution is -2.50. The maximum absolute atomic E-state index is 14.3. The summed E-state index contributed by atoms with van der Waals surface area (Å²) in [6.07, 6.45) is -2.35. The van der Waals surface area contributed by atoms with Crippen LogP contribution in [0.3, 0.4) is 0 Å². The van der Waals surface area contributed by atoms with Crippen molar-refractivity contribution in [2.24, 2.45) is 0 Å². The molecular formula is C27H37F2N9O5S. The van der Waals surface area contributed by atoms with Crippen LogP contribution in [0.25, 0.3) is 17.0 Å². The Balaban J connectivity index is 1.25. The summed E-state index contributed by atoms with van der Waals surface area (Å²) in [6.45, 7) is 6.94. The summed E-state index contributed by atoms with van der Waals surface area (Å²) in [5.41, 5.74) is 0.644. The number of fused-ring (bicyclic) bond motifs is 1. The van der Waals surface area contributed by atoms with Crippen LogP contribution in [-0.4, -0.2) is 140 Å². The number of hydrogen-bond donors (Lipinski definition) is 0. The molecule has 0 bridgehead atoms. The van der Waals surface area contributed by atoms with E-state index in [4.69, 9.17) is 19.2 Å². The number of aromatic nitrogens is 5. The molecule has 6 rings (SSSR count). The van der Waals surface area contributed by atoms with E-state index < -0.39 is 22.3 Å². The number of anilines is 2. The number of ether oxygens (including phenoxy) is 3. The van der Waals surface area contributed by atoms with Gasteiger partial charge in [0.25, 0.3) is 6.43 Å². The van der Waals surface area contributed by atoms with Crippen LogP contribution in [0, 0.1) is 0 Å². The van der Waals surface area contributed by atoms with Gasteiger partial charge in [-0.05, 0) is 25.1 Å². The van der Waals surface area contributed by atoms with Crippen LogP contribution in [-0.2, 0) is 19.5 Å². The quantitative estimate of drug-likeness (QED) is 0.316. The van der Waals surface area contributed by atoms with E-state index in [1.54, 1.807) is 18.2 Å². The van der Waals surface area contributed by atoms with Crippen molar-refractivity contribution in [3.05, 3.63) is 24.0 Å². The van der Waals surface area contributed by atoms with Crippen molar-refractivity contribution in [3.8, 4) is 11.7 Å². The topological polar surface area (TPSA) is 131 Å². The van der Waals surface area contributed by atoms with Gasteiger partial charge in [-0.15, -0.1) is 0 Å². The van der Waals surface area contributed by atoms with E-state index in [9.17, 15) is 17.2 Å². The first kappa shape index (κ1) is 30.8. The van der Waals surface area contributed by atoms with Crippen molar-refractivity contribution < 1.29 is 31.4 Å². The molecule has 0 N–H and O–H groups in total. The fourth-order valence-electron chi connectivity index (χ4n) is 5.69. The molecule has 3 fully saturated rings. The highest BCUT2D eigenvalue weighted by atomic mass is 32.2. The molecule has 0 spiro atoms. The number of hydrogen-bond acceptors (Lipinski definition) is 12. The number of piperazine rings is 1. The molecule has 2 aromatic heterocycles. The minimum Gasteiger partial charge on any atom is -0.494 e. The Morgan fingerprint density at radius 2 is 1.45 bits per heavy atom. The summed E-state index contributed by atoms with van der Waals surface area (Å²) in [5, 5.41) is 0. The van der Waals surface area contributed by atoms with Crippen LogP contribution in [0.15, 0.2) is 18.2 Å². The summed E-state index contributed by atoms with van der Waals surface area (Å²) in [6, 6.07) is 5.01. The third-order valence-electron chi connectivity index (χ3n) is 8.08. The number of methoxy groups -OCH3 is 1. The molecule has 14 nitrogen and oxygen atoms in total. The Kier molecular flexibility index (Phi) is 9.37. The van der Waals surface area contributed by atoms with Gasteiger partial charge >= 0.3 is 0 Å². The van der Waals surface area contributed by atoms with E-state index >= 15 is 0 Å². The van der Waals surface area contributed by atoms with Crippen LogP contribution in [0.2, 0.25) is 0 Å². The Bertz CT molecular complexity index is 1540. The molecule has 3 aliphatic rings. The Morgan fingerprint density at radius 3 is 2.09 bits per heavy atom. The number of halogens is 2. The van der Waals surface area contributed by atoms with Gasteiger partial charge < -0.3 is 24.0 Å². The molecule has 0 atom stereocenters. The second-order valence-corrected chi connectivity index (χ2v) is 12.9. The number of nitrogens with zero attached hydrogens (tertiary/aromatic N) is 9. The predicted octanol–water partition coefficient (Wildman–Crippen LogP) is 1.17. The minimum atomic E-state index is -3.44. The van der Waals surface area contributed by atoms with Crippen molar-refractivity contribution in [3.63, 3.8) is 0 Å². The number of para-hydroxylation sites is 1. The first-order valence-corrected chi connectivity index (χ1v) is 16.4. The maximum atomic E-state index is 14.3. The molecule has 0 saturated carbocycles. The minimum absolute atomic E-state index is 0.000656. The maximum Gasteiger partial charge on any atom is 0.296 e. The molecule has 1 aromatic carbocycles. The van der Waals surface area contributed by atoms with Crippen LogP contribution in [0.5, 0.6) is 5.75 Å². The second-order valence-electron chi connectivity index (χ2n) is 10.8. The molecule has 3 aromatic rings. The number of rotatable bonds is 10. The molecule has 5 heterocycles. The molecule has 0 radical (unpaired) electrons. The fraction of sp³-hybridized carbons (Fsp3) is 0.630.